The Hall–Kier alpha value is -2.83. The minimum absolute atomic E-state index is 0.00876. The lowest BCUT2D eigenvalue weighted by atomic mass is 10.2. The van der Waals surface area contributed by atoms with Crippen molar-refractivity contribution in [3.05, 3.63) is 48.3 Å². The number of aromatic nitrogens is 2. The minimum atomic E-state index is 0.00876. The van der Waals surface area contributed by atoms with Gasteiger partial charge < -0.3 is 19.9 Å². The average Bonchev–Trinajstić information content (AvgIpc) is 2.72. The first-order valence-corrected chi connectivity index (χ1v) is 9.94. The molecule has 1 atom stereocenters. The number of hydrogen-bond acceptors (Lipinski definition) is 5. The van der Waals surface area contributed by atoms with Gasteiger partial charge in [0, 0.05) is 45.1 Å². The highest BCUT2D eigenvalue weighted by Crippen LogP contribution is 2.14. The summed E-state index contributed by atoms with van der Waals surface area (Å²) in [5.74, 6) is 2.63. The number of rotatable bonds is 6. The van der Waals surface area contributed by atoms with E-state index in [9.17, 15) is 0 Å². The minimum Gasteiger partial charge on any atom is -0.489 e. The van der Waals surface area contributed by atoms with Gasteiger partial charge in [0.1, 0.15) is 11.9 Å². The fraction of sp³-hybridized carbons (Fsp3) is 0.476. The van der Waals surface area contributed by atoms with E-state index in [0.29, 0.717) is 6.54 Å². The zero-order valence-electron chi connectivity index (χ0n) is 17.0. The molecule has 3 rings (SSSR count). The molecule has 0 amide bonds. The van der Waals surface area contributed by atoms with Crippen LogP contribution in [0.4, 0.5) is 5.95 Å². The molecule has 2 heterocycles. The van der Waals surface area contributed by atoms with Crippen molar-refractivity contribution in [1.82, 2.24) is 20.2 Å². The van der Waals surface area contributed by atoms with Crippen molar-refractivity contribution >= 4 is 11.9 Å². The molecule has 28 heavy (non-hydrogen) atoms. The van der Waals surface area contributed by atoms with E-state index in [0.717, 1.165) is 50.4 Å². The van der Waals surface area contributed by atoms with Gasteiger partial charge in [-0.25, -0.2) is 15.0 Å². The molecule has 7 nitrogen and oxygen atoms in total. The highest BCUT2D eigenvalue weighted by Gasteiger charge is 2.21. The molecule has 0 radical (unpaired) electrons. The number of benzene rings is 1. The maximum atomic E-state index is 6.01. The van der Waals surface area contributed by atoms with Crippen LogP contribution in [0.3, 0.4) is 0 Å². The molecule has 0 bridgehead atoms. The Morgan fingerprint density at radius 1 is 1.18 bits per heavy atom. The number of ether oxygens (including phenoxy) is 1. The van der Waals surface area contributed by atoms with E-state index in [1.807, 2.05) is 18.2 Å². The lowest BCUT2D eigenvalue weighted by molar-refractivity contribution is 0.229. The van der Waals surface area contributed by atoms with Gasteiger partial charge in [0.05, 0.1) is 6.54 Å². The number of aliphatic imine (C=N–C) groups is 1. The molecule has 1 aliphatic rings. The quantitative estimate of drug-likeness (QED) is 0.611. The average molecular weight is 383 g/mol. The molecule has 0 saturated carbocycles. The van der Waals surface area contributed by atoms with Gasteiger partial charge in [0.15, 0.2) is 5.96 Å². The molecule has 2 aromatic rings. The smallest absolute Gasteiger partial charge is 0.225 e. The van der Waals surface area contributed by atoms with Crippen LogP contribution in [-0.4, -0.2) is 66.2 Å². The first kappa shape index (κ1) is 19.9. The Morgan fingerprint density at radius 2 is 1.93 bits per heavy atom. The Morgan fingerprint density at radius 3 is 2.61 bits per heavy atom. The molecule has 0 spiro atoms. The van der Waals surface area contributed by atoms with E-state index in [2.05, 4.69) is 58.0 Å². The van der Waals surface area contributed by atoms with Crippen molar-refractivity contribution in [2.45, 2.75) is 26.9 Å². The summed E-state index contributed by atoms with van der Waals surface area (Å²) < 4.78 is 6.01. The van der Waals surface area contributed by atoms with Gasteiger partial charge in [-0.15, -0.1) is 0 Å². The Bertz CT molecular complexity index is 759. The van der Waals surface area contributed by atoms with E-state index in [-0.39, 0.29) is 6.10 Å². The summed E-state index contributed by atoms with van der Waals surface area (Å²) in [6.07, 6.45) is 3.58. The molecule has 1 aromatic heterocycles. The van der Waals surface area contributed by atoms with Crippen LogP contribution in [0.1, 0.15) is 19.4 Å². The molecule has 1 aromatic carbocycles. The molecule has 1 aliphatic heterocycles. The number of guanidine groups is 1. The lowest BCUT2D eigenvalue weighted by Crippen LogP contribution is -2.53. The first-order chi connectivity index (χ1) is 13.7. The molecule has 1 saturated heterocycles. The summed E-state index contributed by atoms with van der Waals surface area (Å²) in [5, 5.41) is 3.41. The second-order valence-corrected chi connectivity index (χ2v) is 6.96. The van der Waals surface area contributed by atoms with E-state index in [1.54, 1.807) is 12.4 Å². The third kappa shape index (κ3) is 5.58. The van der Waals surface area contributed by atoms with Crippen molar-refractivity contribution in [3.8, 4) is 5.75 Å². The molecule has 1 unspecified atom stereocenters. The highest BCUT2D eigenvalue weighted by molar-refractivity contribution is 5.80. The molecular weight excluding hydrogens is 352 g/mol. The van der Waals surface area contributed by atoms with Crippen LogP contribution >= 0.6 is 0 Å². The molecule has 7 heteroatoms. The predicted molar refractivity (Wildman–Crippen MR) is 113 cm³/mol. The molecular formula is C21H30N6O. The number of anilines is 1. The van der Waals surface area contributed by atoms with Crippen molar-refractivity contribution in [2.75, 3.05) is 44.2 Å². The molecule has 0 aliphatic carbocycles. The van der Waals surface area contributed by atoms with Crippen molar-refractivity contribution in [1.29, 1.82) is 0 Å². The monoisotopic (exact) mass is 382 g/mol. The Balaban J connectivity index is 1.55. The lowest BCUT2D eigenvalue weighted by Gasteiger charge is -2.36. The third-order valence-electron chi connectivity index (χ3n) is 4.57. The van der Waals surface area contributed by atoms with Crippen LogP contribution in [0.2, 0.25) is 0 Å². The zero-order valence-corrected chi connectivity index (χ0v) is 17.0. The topological polar surface area (TPSA) is 65.9 Å². The van der Waals surface area contributed by atoms with Crippen molar-refractivity contribution < 1.29 is 4.74 Å². The van der Waals surface area contributed by atoms with Crippen LogP contribution in [-0.2, 0) is 0 Å². The van der Waals surface area contributed by atoms with Crippen LogP contribution < -0.4 is 15.0 Å². The first-order valence-electron chi connectivity index (χ1n) is 9.94. The van der Waals surface area contributed by atoms with Gasteiger partial charge in [-0.3, -0.25) is 0 Å². The normalized spacial score (nSPS) is 16.0. The number of nitrogens with one attached hydrogen (secondary N) is 1. The Labute approximate surface area is 167 Å². The van der Waals surface area contributed by atoms with E-state index >= 15 is 0 Å². The maximum absolute atomic E-state index is 6.01. The van der Waals surface area contributed by atoms with Gasteiger partial charge >= 0.3 is 0 Å². The molecule has 1 N–H and O–H groups in total. The van der Waals surface area contributed by atoms with Gasteiger partial charge in [-0.2, -0.15) is 0 Å². The van der Waals surface area contributed by atoms with Crippen LogP contribution in [0.15, 0.2) is 47.7 Å². The number of aryl methyl sites for hydroxylation is 1. The van der Waals surface area contributed by atoms with Gasteiger partial charge in [-0.05, 0) is 44.5 Å². The van der Waals surface area contributed by atoms with E-state index in [1.165, 1.54) is 5.56 Å². The number of nitrogens with zero attached hydrogens (tertiary/aromatic N) is 5. The van der Waals surface area contributed by atoms with Crippen molar-refractivity contribution in [3.63, 3.8) is 0 Å². The summed E-state index contributed by atoms with van der Waals surface area (Å²) in [4.78, 5) is 18.0. The van der Waals surface area contributed by atoms with Crippen LogP contribution in [0.5, 0.6) is 5.75 Å². The van der Waals surface area contributed by atoms with E-state index < -0.39 is 0 Å². The van der Waals surface area contributed by atoms with Crippen molar-refractivity contribution in [2.24, 2.45) is 4.99 Å². The summed E-state index contributed by atoms with van der Waals surface area (Å²) in [7, 11) is 0. The van der Waals surface area contributed by atoms with Gasteiger partial charge in [0.2, 0.25) is 5.95 Å². The highest BCUT2D eigenvalue weighted by atomic mass is 16.5. The molecule has 1 fully saturated rings. The summed E-state index contributed by atoms with van der Waals surface area (Å²) >= 11 is 0. The second-order valence-electron chi connectivity index (χ2n) is 6.96. The SMILES string of the molecule is CCNC(=NCC(C)Oc1cccc(C)c1)N1CCN(c2ncccn2)CC1. The Kier molecular flexibility index (Phi) is 7.06. The zero-order chi connectivity index (χ0) is 19.8. The summed E-state index contributed by atoms with van der Waals surface area (Å²) in [5.41, 5.74) is 1.20. The fourth-order valence-corrected chi connectivity index (χ4v) is 3.17. The number of piperazine rings is 1. The van der Waals surface area contributed by atoms with Gasteiger partial charge in [-0.1, -0.05) is 12.1 Å². The largest absolute Gasteiger partial charge is 0.489 e. The number of hydrogen-bond donors (Lipinski definition) is 1. The second kappa shape index (κ2) is 9.92. The summed E-state index contributed by atoms with van der Waals surface area (Å²) in [6, 6.07) is 9.97. The standard InChI is InChI=1S/C21H30N6O/c1-4-22-20(25-16-18(3)28-19-8-5-7-17(2)15-19)26-11-13-27(14-12-26)21-23-9-6-10-24-21/h5-10,15,18H,4,11-14,16H2,1-3H3,(H,22,25). The molecule has 150 valence electrons. The van der Waals surface area contributed by atoms with Gasteiger partial charge in [0.25, 0.3) is 0 Å². The van der Waals surface area contributed by atoms with Crippen LogP contribution in [0, 0.1) is 6.92 Å². The predicted octanol–water partition coefficient (Wildman–Crippen LogP) is 2.34. The summed E-state index contributed by atoms with van der Waals surface area (Å²) in [6.45, 7) is 11.2. The fourth-order valence-electron chi connectivity index (χ4n) is 3.17. The maximum Gasteiger partial charge on any atom is 0.225 e. The van der Waals surface area contributed by atoms with E-state index in [4.69, 9.17) is 9.73 Å². The van der Waals surface area contributed by atoms with Crippen LogP contribution in [0.25, 0.3) is 0 Å². The third-order valence-corrected chi connectivity index (χ3v) is 4.57.